The third-order valence-corrected chi connectivity index (χ3v) is 6.29. The second-order valence-electron chi connectivity index (χ2n) is 7.14. The summed E-state index contributed by atoms with van der Waals surface area (Å²) in [6.07, 6.45) is 2.82. The number of esters is 1. The number of nitrogens with one attached hydrogen (secondary N) is 2. The van der Waals surface area contributed by atoms with Crippen LogP contribution in [0.1, 0.15) is 46.6 Å². The van der Waals surface area contributed by atoms with E-state index in [2.05, 4.69) is 17.6 Å². The predicted molar refractivity (Wildman–Crippen MR) is 115 cm³/mol. The molecule has 1 amide bonds. The standard InChI is InChI=1S/C21H25ClN2O3S/c1-4-27-21(26)19-15-8-5-12(2)9-17(15)28-20(19)24-18(25)11-23-16-10-14(22)7-6-13(16)3/h6-7,10,12,23H,4-5,8-9,11H2,1-3H3,(H,24,25)/t12-/m1/s1. The summed E-state index contributed by atoms with van der Waals surface area (Å²) in [4.78, 5) is 26.2. The van der Waals surface area contributed by atoms with Crippen LogP contribution in [0.3, 0.4) is 0 Å². The van der Waals surface area contributed by atoms with Crippen LogP contribution in [0, 0.1) is 12.8 Å². The Labute approximate surface area is 174 Å². The fourth-order valence-corrected chi connectivity index (χ4v) is 4.98. The number of carbonyl (C=O) groups is 2. The molecule has 150 valence electrons. The molecule has 5 nitrogen and oxygen atoms in total. The van der Waals surface area contributed by atoms with E-state index in [-0.39, 0.29) is 18.4 Å². The lowest BCUT2D eigenvalue weighted by Gasteiger charge is -2.18. The van der Waals surface area contributed by atoms with Crippen molar-refractivity contribution in [3.63, 3.8) is 0 Å². The maximum atomic E-state index is 12.5. The normalized spacial score (nSPS) is 15.6. The van der Waals surface area contributed by atoms with Crippen LogP contribution < -0.4 is 10.6 Å². The van der Waals surface area contributed by atoms with E-state index in [0.717, 1.165) is 36.1 Å². The molecule has 1 aromatic heterocycles. The quantitative estimate of drug-likeness (QED) is 0.641. The first kappa shape index (κ1) is 20.7. The molecule has 1 aromatic carbocycles. The van der Waals surface area contributed by atoms with Gasteiger partial charge in [0.05, 0.1) is 18.7 Å². The van der Waals surface area contributed by atoms with Crippen molar-refractivity contribution < 1.29 is 14.3 Å². The smallest absolute Gasteiger partial charge is 0.341 e. The van der Waals surface area contributed by atoms with Gasteiger partial charge in [-0.1, -0.05) is 24.6 Å². The van der Waals surface area contributed by atoms with Gasteiger partial charge in [-0.25, -0.2) is 4.79 Å². The van der Waals surface area contributed by atoms with Crippen LogP contribution in [0.4, 0.5) is 10.7 Å². The van der Waals surface area contributed by atoms with Crippen molar-refractivity contribution in [2.45, 2.75) is 40.0 Å². The number of halogens is 1. The third-order valence-electron chi connectivity index (χ3n) is 4.88. The Morgan fingerprint density at radius 2 is 2.14 bits per heavy atom. The minimum absolute atomic E-state index is 0.0857. The monoisotopic (exact) mass is 420 g/mol. The predicted octanol–water partition coefficient (Wildman–Crippen LogP) is 5.06. The number of anilines is 2. The summed E-state index contributed by atoms with van der Waals surface area (Å²) in [6, 6.07) is 5.50. The highest BCUT2D eigenvalue weighted by Crippen LogP contribution is 2.40. The highest BCUT2D eigenvalue weighted by Gasteiger charge is 2.29. The Kier molecular flexibility index (Phi) is 6.62. The molecule has 2 aromatic rings. The first-order chi connectivity index (χ1) is 13.4. The zero-order valence-corrected chi connectivity index (χ0v) is 17.9. The minimum atomic E-state index is -0.358. The first-order valence-corrected chi connectivity index (χ1v) is 10.7. The number of rotatable bonds is 6. The molecular weight excluding hydrogens is 396 g/mol. The molecule has 1 heterocycles. The molecule has 0 aliphatic heterocycles. The summed E-state index contributed by atoms with van der Waals surface area (Å²) in [5.74, 6) is 0.0114. The van der Waals surface area contributed by atoms with Gasteiger partial charge in [-0.05, 0) is 62.3 Å². The average Bonchev–Trinajstić information content (AvgIpc) is 2.99. The summed E-state index contributed by atoms with van der Waals surface area (Å²) in [5.41, 5.74) is 3.38. The number of thiophene rings is 1. The van der Waals surface area contributed by atoms with Crippen LogP contribution in [-0.2, 0) is 22.4 Å². The molecule has 0 radical (unpaired) electrons. The molecule has 3 rings (SSSR count). The van der Waals surface area contributed by atoms with Gasteiger partial charge >= 0.3 is 5.97 Å². The lowest BCUT2D eigenvalue weighted by molar-refractivity contribution is -0.114. The lowest BCUT2D eigenvalue weighted by Crippen LogP contribution is -2.23. The van der Waals surface area contributed by atoms with Crippen LogP contribution >= 0.6 is 22.9 Å². The number of amides is 1. The summed E-state index contributed by atoms with van der Waals surface area (Å²) in [6.45, 7) is 6.34. The minimum Gasteiger partial charge on any atom is -0.462 e. The number of hydrogen-bond donors (Lipinski definition) is 2. The number of ether oxygens (including phenoxy) is 1. The van der Waals surface area contributed by atoms with Gasteiger partial charge < -0.3 is 15.4 Å². The molecule has 0 saturated heterocycles. The van der Waals surface area contributed by atoms with Crippen LogP contribution in [0.2, 0.25) is 5.02 Å². The second-order valence-corrected chi connectivity index (χ2v) is 8.68. The molecular formula is C21H25ClN2O3S. The molecule has 1 aliphatic carbocycles. The van der Waals surface area contributed by atoms with E-state index in [1.807, 2.05) is 19.1 Å². The number of benzene rings is 1. The van der Waals surface area contributed by atoms with Crippen molar-refractivity contribution in [1.82, 2.24) is 0 Å². The molecule has 0 spiro atoms. The Bertz CT molecular complexity index is 894. The van der Waals surface area contributed by atoms with E-state index >= 15 is 0 Å². The summed E-state index contributed by atoms with van der Waals surface area (Å²) < 4.78 is 5.25. The van der Waals surface area contributed by atoms with Crippen molar-refractivity contribution in [1.29, 1.82) is 0 Å². The molecule has 2 N–H and O–H groups in total. The van der Waals surface area contributed by atoms with Gasteiger partial charge in [0.15, 0.2) is 0 Å². The molecule has 1 aliphatic rings. The van der Waals surface area contributed by atoms with Crippen molar-refractivity contribution in [3.8, 4) is 0 Å². The number of carbonyl (C=O) groups excluding carboxylic acids is 2. The summed E-state index contributed by atoms with van der Waals surface area (Å²) >= 11 is 7.52. The maximum absolute atomic E-state index is 12.5. The van der Waals surface area contributed by atoms with Crippen molar-refractivity contribution in [3.05, 3.63) is 44.8 Å². The number of aryl methyl sites for hydroxylation is 1. The molecule has 0 fully saturated rings. The summed E-state index contributed by atoms with van der Waals surface area (Å²) in [5, 5.41) is 7.22. The van der Waals surface area contributed by atoms with E-state index in [1.165, 1.54) is 16.2 Å². The number of hydrogen-bond acceptors (Lipinski definition) is 5. The molecule has 0 bridgehead atoms. The van der Waals surface area contributed by atoms with Crippen molar-refractivity contribution in [2.24, 2.45) is 5.92 Å². The van der Waals surface area contributed by atoms with Gasteiger partial charge in [-0.15, -0.1) is 11.3 Å². The zero-order valence-electron chi connectivity index (χ0n) is 16.4. The largest absolute Gasteiger partial charge is 0.462 e. The topological polar surface area (TPSA) is 67.4 Å². The van der Waals surface area contributed by atoms with Gasteiger partial charge in [-0.2, -0.15) is 0 Å². The van der Waals surface area contributed by atoms with E-state index in [9.17, 15) is 9.59 Å². The Balaban J connectivity index is 1.76. The molecule has 28 heavy (non-hydrogen) atoms. The van der Waals surface area contributed by atoms with Crippen LogP contribution in [-0.4, -0.2) is 25.0 Å². The third kappa shape index (κ3) is 4.67. The van der Waals surface area contributed by atoms with Crippen molar-refractivity contribution in [2.75, 3.05) is 23.8 Å². The van der Waals surface area contributed by atoms with Crippen LogP contribution in [0.25, 0.3) is 0 Å². The lowest BCUT2D eigenvalue weighted by atomic mass is 9.88. The molecule has 1 atom stereocenters. The highest BCUT2D eigenvalue weighted by atomic mass is 35.5. The van der Waals surface area contributed by atoms with E-state index in [0.29, 0.717) is 28.1 Å². The van der Waals surface area contributed by atoms with Gasteiger partial charge in [-0.3, -0.25) is 4.79 Å². The van der Waals surface area contributed by atoms with E-state index in [4.69, 9.17) is 16.3 Å². The second kappa shape index (κ2) is 8.97. The fraction of sp³-hybridized carbons (Fsp3) is 0.429. The fourth-order valence-electron chi connectivity index (χ4n) is 3.39. The van der Waals surface area contributed by atoms with Crippen LogP contribution in [0.15, 0.2) is 18.2 Å². The Hall–Kier alpha value is -2.05. The van der Waals surface area contributed by atoms with Crippen molar-refractivity contribution >= 4 is 45.5 Å². The van der Waals surface area contributed by atoms with E-state index in [1.54, 1.807) is 13.0 Å². The number of fused-ring (bicyclic) bond motifs is 1. The van der Waals surface area contributed by atoms with Gasteiger partial charge in [0.2, 0.25) is 5.91 Å². The zero-order chi connectivity index (χ0) is 20.3. The summed E-state index contributed by atoms with van der Waals surface area (Å²) in [7, 11) is 0. The van der Waals surface area contributed by atoms with E-state index < -0.39 is 0 Å². The van der Waals surface area contributed by atoms with Gasteiger partial charge in [0, 0.05) is 15.6 Å². The van der Waals surface area contributed by atoms with Crippen LogP contribution in [0.5, 0.6) is 0 Å². The molecule has 0 saturated carbocycles. The first-order valence-electron chi connectivity index (χ1n) is 9.50. The average molecular weight is 421 g/mol. The Morgan fingerprint density at radius 1 is 1.36 bits per heavy atom. The Morgan fingerprint density at radius 3 is 2.89 bits per heavy atom. The highest BCUT2D eigenvalue weighted by molar-refractivity contribution is 7.17. The maximum Gasteiger partial charge on any atom is 0.341 e. The molecule has 0 unspecified atom stereocenters. The van der Waals surface area contributed by atoms with Gasteiger partial charge in [0.25, 0.3) is 0 Å². The molecule has 7 heteroatoms. The SMILES string of the molecule is CCOC(=O)c1c(NC(=O)CNc2cc(Cl)ccc2C)sc2c1CC[C@@H](C)C2. The van der Waals surface area contributed by atoms with Gasteiger partial charge in [0.1, 0.15) is 5.00 Å².